The van der Waals surface area contributed by atoms with Crippen molar-refractivity contribution in [1.82, 2.24) is 15.3 Å². The van der Waals surface area contributed by atoms with E-state index >= 15 is 0 Å². The van der Waals surface area contributed by atoms with Crippen molar-refractivity contribution in [3.05, 3.63) is 65.0 Å². The first kappa shape index (κ1) is 20.5. The van der Waals surface area contributed by atoms with E-state index in [2.05, 4.69) is 15.3 Å². The predicted molar refractivity (Wildman–Crippen MR) is 106 cm³/mol. The molecule has 0 aliphatic carbocycles. The van der Waals surface area contributed by atoms with E-state index < -0.39 is 11.7 Å². The third kappa shape index (κ3) is 4.78. The topological polar surface area (TPSA) is 88.3 Å². The van der Waals surface area contributed by atoms with Gasteiger partial charge in [-0.3, -0.25) is 9.59 Å². The highest BCUT2D eigenvalue weighted by Gasteiger charge is 2.17. The Bertz CT molecular complexity index is 1040. The lowest BCUT2D eigenvalue weighted by Gasteiger charge is -2.17. The molecule has 150 valence electrons. The number of carbonyl (C=O) groups is 2. The average Bonchev–Trinajstić information content (AvgIpc) is 3.22. The number of halogens is 2. The van der Waals surface area contributed by atoms with Crippen LogP contribution in [-0.4, -0.2) is 28.8 Å². The SMILES string of the molecule is CCC(=O)N(C)c1ccc(-c2ncc(C(=O)NCc3ccc(Cl)nc3)o2)cc1F. The van der Waals surface area contributed by atoms with Crippen molar-refractivity contribution < 1.29 is 18.4 Å². The highest BCUT2D eigenvalue weighted by atomic mass is 35.5. The first-order valence-corrected chi connectivity index (χ1v) is 9.17. The van der Waals surface area contributed by atoms with Gasteiger partial charge in [-0.15, -0.1) is 0 Å². The number of nitrogens with one attached hydrogen (secondary N) is 1. The zero-order valence-electron chi connectivity index (χ0n) is 15.8. The van der Waals surface area contributed by atoms with E-state index in [9.17, 15) is 14.0 Å². The number of amides is 2. The lowest BCUT2D eigenvalue weighted by Crippen LogP contribution is -2.25. The van der Waals surface area contributed by atoms with Crippen LogP contribution < -0.4 is 10.2 Å². The Hall–Kier alpha value is -3.26. The number of rotatable bonds is 6. The highest BCUT2D eigenvalue weighted by Crippen LogP contribution is 2.26. The minimum Gasteiger partial charge on any atom is -0.431 e. The maximum Gasteiger partial charge on any atom is 0.288 e. The molecule has 0 radical (unpaired) electrons. The maximum absolute atomic E-state index is 14.4. The van der Waals surface area contributed by atoms with Gasteiger partial charge in [-0.1, -0.05) is 24.6 Å². The summed E-state index contributed by atoms with van der Waals surface area (Å²) in [6, 6.07) is 7.62. The van der Waals surface area contributed by atoms with Gasteiger partial charge in [-0.2, -0.15) is 0 Å². The molecule has 1 aromatic carbocycles. The Balaban J connectivity index is 1.70. The van der Waals surface area contributed by atoms with E-state index in [1.807, 2.05) is 0 Å². The van der Waals surface area contributed by atoms with Crippen molar-refractivity contribution in [2.75, 3.05) is 11.9 Å². The van der Waals surface area contributed by atoms with Crippen LogP contribution in [0.2, 0.25) is 5.15 Å². The van der Waals surface area contributed by atoms with Crippen molar-refractivity contribution in [1.29, 1.82) is 0 Å². The molecule has 0 fully saturated rings. The van der Waals surface area contributed by atoms with Crippen LogP contribution in [-0.2, 0) is 11.3 Å². The molecule has 3 rings (SSSR count). The van der Waals surface area contributed by atoms with Crippen molar-refractivity contribution in [3.63, 3.8) is 0 Å². The number of oxazole rings is 1. The van der Waals surface area contributed by atoms with Crippen molar-refractivity contribution in [3.8, 4) is 11.5 Å². The fraction of sp³-hybridized carbons (Fsp3) is 0.200. The lowest BCUT2D eigenvalue weighted by molar-refractivity contribution is -0.118. The number of anilines is 1. The molecule has 1 N–H and O–H groups in total. The number of hydrogen-bond donors (Lipinski definition) is 1. The van der Waals surface area contributed by atoms with Gasteiger partial charge in [0.05, 0.1) is 11.9 Å². The molecule has 0 atom stereocenters. The molecule has 7 nitrogen and oxygen atoms in total. The third-order valence-electron chi connectivity index (χ3n) is 4.20. The maximum atomic E-state index is 14.4. The summed E-state index contributed by atoms with van der Waals surface area (Å²) < 4.78 is 19.9. The molecule has 0 saturated carbocycles. The van der Waals surface area contributed by atoms with Crippen molar-refractivity contribution >= 4 is 29.1 Å². The van der Waals surface area contributed by atoms with Crippen molar-refractivity contribution in [2.24, 2.45) is 0 Å². The number of nitrogens with zero attached hydrogens (tertiary/aromatic N) is 3. The molecule has 2 heterocycles. The van der Waals surface area contributed by atoms with Gasteiger partial charge in [0, 0.05) is 31.8 Å². The normalized spacial score (nSPS) is 10.6. The van der Waals surface area contributed by atoms with Gasteiger partial charge in [0.2, 0.25) is 17.6 Å². The zero-order valence-corrected chi connectivity index (χ0v) is 16.5. The van der Waals surface area contributed by atoms with Gasteiger partial charge >= 0.3 is 0 Å². The minimum atomic E-state index is -0.591. The largest absolute Gasteiger partial charge is 0.431 e. The predicted octanol–water partition coefficient (Wildman–Crippen LogP) is 3.83. The Morgan fingerprint density at radius 3 is 2.66 bits per heavy atom. The summed E-state index contributed by atoms with van der Waals surface area (Å²) in [5.41, 5.74) is 1.28. The van der Waals surface area contributed by atoms with Crippen LogP contribution in [0.15, 0.2) is 47.1 Å². The molecule has 2 amide bonds. The van der Waals surface area contributed by atoms with Crippen LogP contribution >= 0.6 is 11.6 Å². The average molecular weight is 417 g/mol. The quantitative estimate of drug-likeness (QED) is 0.617. The number of hydrogen-bond acceptors (Lipinski definition) is 5. The van der Waals surface area contributed by atoms with Gasteiger partial charge in [0.1, 0.15) is 11.0 Å². The van der Waals surface area contributed by atoms with Gasteiger partial charge < -0.3 is 14.6 Å². The first-order valence-electron chi connectivity index (χ1n) is 8.80. The Kier molecular flexibility index (Phi) is 6.23. The zero-order chi connectivity index (χ0) is 21.0. The second kappa shape index (κ2) is 8.83. The van der Waals surface area contributed by atoms with E-state index in [1.54, 1.807) is 31.3 Å². The van der Waals surface area contributed by atoms with E-state index in [0.717, 1.165) is 5.56 Å². The summed E-state index contributed by atoms with van der Waals surface area (Å²) >= 11 is 5.72. The molecule has 0 spiro atoms. The molecular weight excluding hydrogens is 399 g/mol. The third-order valence-corrected chi connectivity index (χ3v) is 4.43. The summed E-state index contributed by atoms with van der Waals surface area (Å²) in [7, 11) is 1.51. The second-order valence-corrected chi connectivity index (χ2v) is 6.56. The molecule has 0 aliphatic rings. The molecule has 0 bridgehead atoms. The molecule has 9 heteroatoms. The number of carbonyl (C=O) groups excluding carboxylic acids is 2. The van der Waals surface area contributed by atoms with Crippen LogP contribution in [0.5, 0.6) is 0 Å². The Morgan fingerprint density at radius 2 is 2.00 bits per heavy atom. The first-order chi connectivity index (χ1) is 13.9. The van der Waals surface area contributed by atoms with Gasteiger partial charge in [-0.25, -0.2) is 14.4 Å². The summed E-state index contributed by atoms with van der Waals surface area (Å²) in [5.74, 6) is -1.18. The molecule has 3 aromatic rings. The summed E-state index contributed by atoms with van der Waals surface area (Å²) in [6.45, 7) is 1.94. The summed E-state index contributed by atoms with van der Waals surface area (Å²) in [6.07, 6.45) is 3.09. The Labute approximate surface area is 171 Å². The standard InChI is InChI=1S/C20H18ClFN4O3/c1-3-18(27)26(2)15-6-5-13(8-14(15)22)20-25-11-16(29-20)19(28)24-10-12-4-7-17(21)23-9-12/h4-9,11H,3,10H2,1-2H3,(H,24,28). The van der Waals surface area contributed by atoms with Gasteiger partial charge in [0.15, 0.2) is 0 Å². The van der Waals surface area contributed by atoms with E-state index in [0.29, 0.717) is 10.7 Å². The monoisotopic (exact) mass is 416 g/mol. The van der Waals surface area contributed by atoms with E-state index in [1.165, 1.54) is 30.3 Å². The molecular formula is C20H18ClFN4O3. The van der Waals surface area contributed by atoms with Gasteiger partial charge in [-0.05, 0) is 29.8 Å². The number of pyridine rings is 1. The van der Waals surface area contributed by atoms with Crippen LogP contribution in [0.1, 0.15) is 29.5 Å². The number of benzene rings is 1. The van der Waals surface area contributed by atoms with Crippen LogP contribution in [0, 0.1) is 5.82 Å². The fourth-order valence-electron chi connectivity index (χ4n) is 2.58. The smallest absolute Gasteiger partial charge is 0.288 e. The molecule has 0 saturated heterocycles. The summed E-state index contributed by atoms with van der Waals surface area (Å²) in [5, 5.41) is 3.04. The highest BCUT2D eigenvalue weighted by molar-refractivity contribution is 6.29. The van der Waals surface area contributed by atoms with Crippen LogP contribution in [0.4, 0.5) is 10.1 Å². The van der Waals surface area contributed by atoms with E-state index in [-0.39, 0.29) is 36.2 Å². The molecule has 2 aromatic heterocycles. The van der Waals surface area contributed by atoms with Gasteiger partial charge in [0.25, 0.3) is 5.91 Å². The molecule has 0 aliphatic heterocycles. The molecule has 29 heavy (non-hydrogen) atoms. The fourth-order valence-corrected chi connectivity index (χ4v) is 2.69. The second-order valence-electron chi connectivity index (χ2n) is 6.17. The van der Waals surface area contributed by atoms with E-state index in [4.69, 9.17) is 16.0 Å². The summed E-state index contributed by atoms with van der Waals surface area (Å²) in [4.78, 5) is 33.2. The van der Waals surface area contributed by atoms with Crippen LogP contribution in [0.25, 0.3) is 11.5 Å². The molecule has 0 unspecified atom stereocenters. The van der Waals surface area contributed by atoms with Crippen molar-refractivity contribution in [2.45, 2.75) is 19.9 Å². The lowest BCUT2D eigenvalue weighted by atomic mass is 10.2. The Morgan fingerprint density at radius 1 is 1.21 bits per heavy atom. The minimum absolute atomic E-state index is 0.00955. The number of aromatic nitrogens is 2. The van der Waals surface area contributed by atoms with Crippen LogP contribution in [0.3, 0.4) is 0 Å².